The molecule has 0 amide bonds. The van der Waals surface area contributed by atoms with Crippen molar-refractivity contribution in [1.29, 1.82) is 0 Å². The molecular formula is C28H33N3OS. The zero-order chi connectivity index (χ0) is 23.5. The van der Waals surface area contributed by atoms with Gasteiger partial charge in [-0.2, -0.15) is 0 Å². The Balaban J connectivity index is 1.58. The lowest BCUT2D eigenvalue weighted by Crippen LogP contribution is -2.23. The van der Waals surface area contributed by atoms with Crippen LogP contribution in [-0.2, 0) is 24.0 Å². The molecule has 0 saturated heterocycles. The number of nitrogens with zero attached hydrogens (tertiary/aromatic N) is 2. The predicted octanol–water partition coefficient (Wildman–Crippen LogP) is 5.79. The fraction of sp³-hybridized carbons (Fsp3) is 0.321. The zero-order valence-electron chi connectivity index (χ0n) is 20.1. The van der Waals surface area contributed by atoms with Gasteiger partial charge < -0.3 is 9.62 Å². The van der Waals surface area contributed by atoms with Crippen LogP contribution < -0.4 is 4.72 Å². The maximum Gasteiger partial charge on any atom is 0.150 e. The van der Waals surface area contributed by atoms with E-state index in [0.717, 1.165) is 29.1 Å². The van der Waals surface area contributed by atoms with Gasteiger partial charge in [0.25, 0.3) is 0 Å². The average molecular weight is 460 g/mol. The second-order valence-electron chi connectivity index (χ2n) is 9.44. The average Bonchev–Trinajstić information content (AvgIpc) is 2.79. The SMILES string of the molecule is CC(C)c1cc(-c2cccnc2)cc2c1CC(NS(=O)c1ccc(CN(C)C)cc1)=CC2C. The first-order valence-corrected chi connectivity index (χ1v) is 12.7. The number of aromatic nitrogens is 1. The Morgan fingerprint density at radius 1 is 1.12 bits per heavy atom. The standard InChI is InChI=1S/C28H33N3OS/c1-19(2)26-14-23(22-7-6-12-29-17-22)15-27-20(3)13-24(16-28(26)27)30-33(32)25-10-8-21(9-11-25)18-31(4)5/h6-15,17,19-20,30H,16,18H2,1-5H3. The van der Waals surface area contributed by atoms with Crippen molar-refractivity contribution in [3.8, 4) is 11.1 Å². The number of benzene rings is 2. The van der Waals surface area contributed by atoms with E-state index in [4.69, 9.17) is 0 Å². The first-order chi connectivity index (χ1) is 15.8. The fourth-order valence-electron chi connectivity index (χ4n) is 4.52. The van der Waals surface area contributed by atoms with Crippen molar-refractivity contribution in [1.82, 2.24) is 14.6 Å². The first kappa shape index (κ1) is 23.4. The molecule has 1 heterocycles. The molecule has 0 spiro atoms. The molecule has 0 aliphatic heterocycles. The van der Waals surface area contributed by atoms with Crippen LogP contribution in [0.2, 0.25) is 0 Å². The second-order valence-corrected chi connectivity index (χ2v) is 10.7. The van der Waals surface area contributed by atoms with Gasteiger partial charge in [-0.05, 0) is 66.0 Å². The Kier molecular flexibility index (Phi) is 7.11. The molecule has 5 heteroatoms. The van der Waals surface area contributed by atoms with Gasteiger partial charge in [0, 0.05) is 42.5 Å². The summed E-state index contributed by atoms with van der Waals surface area (Å²) in [4.78, 5) is 7.23. The van der Waals surface area contributed by atoms with E-state index in [2.05, 4.69) is 71.8 Å². The summed E-state index contributed by atoms with van der Waals surface area (Å²) in [7, 11) is 2.81. The molecule has 33 heavy (non-hydrogen) atoms. The Morgan fingerprint density at radius 3 is 2.52 bits per heavy atom. The van der Waals surface area contributed by atoms with Gasteiger partial charge in [0.1, 0.15) is 11.0 Å². The summed E-state index contributed by atoms with van der Waals surface area (Å²) in [5, 5.41) is 0. The van der Waals surface area contributed by atoms with E-state index in [-0.39, 0.29) is 5.92 Å². The van der Waals surface area contributed by atoms with Crippen molar-refractivity contribution in [2.45, 2.75) is 50.5 Å². The van der Waals surface area contributed by atoms with Crippen LogP contribution in [0.1, 0.15) is 54.9 Å². The molecular weight excluding hydrogens is 426 g/mol. The molecule has 1 aliphatic carbocycles. The third-order valence-corrected chi connectivity index (χ3v) is 7.25. The molecule has 2 aromatic carbocycles. The van der Waals surface area contributed by atoms with E-state index < -0.39 is 11.0 Å². The van der Waals surface area contributed by atoms with Gasteiger partial charge in [0.15, 0.2) is 0 Å². The molecule has 1 aliphatic rings. The lowest BCUT2D eigenvalue weighted by Gasteiger charge is -2.27. The number of rotatable bonds is 7. The monoisotopic (exact) mass is 459 g/mol. The van der Waals surface area contributed by atoms with Gasteiger partial charge in [-0.3, -0.25) is 4.98 Å². The lowest BCUT2D eigenvalue weighted by molar-refractivity contribution is 0.402. The molecule has 4 rings (SSSR count). The van der Waals surface area contributed by atoms with Gasteiger partial charge in [0.05, 0.1) is 4.90 Å². The summed E-state index contributed by atoms with van der Waals surface area (Å²) in [6.07, 6.45) is 6.72. The Bertz CT molecular complexity index is 1170. The number of hydrogen-bond donors (Lipinski definition) is 1. The highest BCUT2D eigenvalue weighted by atomic mass is 32.2. The minimum absolute atomic E-state index is 0.241. The van der Waals surface area contributed by atoms with Crippen molar-refractivity contribution in [2.75, 3.05) is 14.1 Å². The molecule has 1 aromatic heterocycles. The first-order valence-electron chi connectivity index (χ1n) is 11.5. The van der Waals surface area contributed by atoms with Crippen molar-refractivity contribution in [2.24, 2.45) is 0 Å². The van der Waals surface area contributed by atoms with Crippen molar-refractivity contribution < 1.29 is 4.21 Å². The van der Waals surface area contributed by atoms with Crippen LogP contribution in [0.5, 0.6) is 0 Å². The van der Waals surface area contributed by atoms with Crippen LogP contribution in [0.4, 0.5) is 0 Å². The highest BCUT2D eigenvalue weighted by molar-refractivity contribution is 7.83. The van der Waals surface area contributed by atoms with Gasteiger partial charge in [-0.25, -0.2) is 4.21 Å². The third kappa shape index (κ3) is 5.43. The van der Waals surface area contributed by atoms with Gasteiger partial charge in [-0.1, -0.05) is 57.2 Å². The molecule has 0 saturated carbocycles. The number of fused-ring (bicyclic) bond motifs is 1. The maximum atomic E-state index is 13.1. The summed E-state index contributed by atoms with van der Waals surface area (Å²) < 4.78 is 16.4. The van der Waals surface area contributed by atoms with Gasteiger partial charge in [-0.15, -0.1) is 0 Å². The smallest absolute Gasteiger partial charge is 0.150 e. The van der Waals surface area contributed by atoms with Crippen molar-refractivity contribution in [3.05, 3.63) is 95.0 Å². The minimum Gasteiger partial charge on any atom is -0.305 e. The summed E-state index contributed by atoms with van der Waals surface area (Å²) in [6.45, 7) is 7.58. The molecule has 1 N–H and O–H groups in total. The van der Waals surface area contributed by atoms with Crippen LogP contribution in [-0.4, -0.2) is 28.2 Å². The van der Waals surface area contributed by atoms with Gasteiger partial charge in [0.2, 0.25) is 0 Å². The van der Waals surface area contributed by atoms with Crippen LogP contribution >= 0.6 is 0 Å². The Hall–Kier alpha value is -2.76. The van der Waals surface area contributed by atoms with Gasteiger partial charge >= 0.3 is 0 Å². The van der Waals surface area contributed by atoms with E-state index in [9.17, 15) is 4.21 Å². The van der Waals surface area contributed by atoms with E-state index in [0.29, 0.717) is 5.92 Å². The van der Waals surface area contributed by atoms with Crippen LogP contribution in [0.25, 0.3) is 11.1 Å². The van der Waals surface area contributed by atoms with E-state index in [1.807, 2.05) is 44.7 Å². The molecule has 172 valence electrons. The van der Waals surface area contributed by atoms with E-state index in [1.54, 1.807) is 0 Å². The number of pyridine rings is 1. The third-order valence-electron chi connectivity index (χ3n) is 6.10. The molecule has 0 fully saturated rings. The number of allylic oxidation sites excluding steroid dienone is 2. The van der Waals surface area contributed by atoms with E-state index >= 15 is 0 Å². The summed E-state index contributed by atoms with van der Waals surface area (Å²) >= 11 is 0. The lowest BCUT2D eigenvalue weighted by atomic mass is 9.80. The molecule has 0 radical (unpaired) electrons. The minimum atomic E-state index is -1.29. The van der Waals surface area contributed by atoms with Crippen LogP contribution in [0, 0.1) is 0 Å². The normalized spacial score (nSPS) is 16.5. The largest absolute Gasteiger partial charge is 0.305 e. The molecule has 4 nitrogen and oxygen atoms in total. The zero-order valence-corrected chi connectivity index (χ0v) is 20.9. The van der Waals surface area contributed by atoms with Crippen molar-refractivity contribution >= 4 is 11.0 Å². The number of nitrogens with one attached hydrogen (secondary N) is 1. The van der Waals surface area contributed by atoms with E-state index in [1.165, 1.54) is 27.8 Å². The summed E-state index contributed by atoms with van der Waals surface area (Å²) in [5.74, 6) is 0.640. The van der Waals surface area contributed by atoms with Crippen LogP contribution in [0.15, 0.2) is 77.6 Å². The quantitative estimate of drug-likeness (QED) is 0.486. The van der Waals surface area contributed by atoms with Crippen molar-refractivity contribution in [3.63, 3.8) is 0 Å². The fourth-order valence-corrected chi connectivity index (χ4v) is 5.40. The second kappa shape index (κ2) is 10.0. The maximum absolute atomic E-state index is 13.1. The highest BCUT2D eigenvalue weighted by Gasteiger charge is 2.23. The van der Waals surface area contributed by atoms with Crippen LogP contribution in [0.3, 0.4) is 0 Å². The molecule has 2 atom stereocenters. The highest BCUT2D eigenvalue weighted by Crippen LogP contribution is 2.38. The topological polar surface area (TPSA) is 45.2 Å². The number of hydrogen-bond acceptors (Lipinski definition) is 3. The predicted molar refractivity (Wildman–Crippen MR) is 137 cm³/mol. The molecule has 0 bridgehead atoms. The summed E-state index contributed by atoms with van der Waals surface area (Å²) in [5.41, 5.74) is 8.65. The molecule has 3 aromatic rings. The Labute approximate surface area is 200 Å². The Morgan fingerprint density at radius 2 is 1.88 bits per heavy atom. The summed E-state index contributed by atoms with van der Waals surface area (Å²) in [6, 6.07) is 16.7. The molecule has 2 unspecified atom stereocenters.